The molecule has 0 aliphatic heterocycles. The summed E-state index contributed by atoms with van der Waals surface area (Å²) in [6, 6.07) is 44.8. The lowest BCUT2D eigenvalue weighted by atomic mass is 9.92. The van der Waals surface area contributed by atoms with E-state index in [1.54, 1.807) is 0 Å². The van der Waals surface area contributed by atoms with Crippen molar-refractivity contribution in [1.82, 2.24) is 0 Å². The number of fused-ring (bicyclic) bond motifs is 5. The van der Waals surface area contributed by atoms with E-state index in [0.29, 0.717) is 0 Å². The molecule has 0 unspecified atom stereocenters. The molecule has 0 aliphatic rings. The molecule has 0 radical (unpaired) electrons. The minimum atomic E-state index is 0.900. The second-order valence-corrected chi connectivity index (χ2v) is 11.7. The normalized spacial score (nSPS) is 12.5. The van der Waals surface area contributed by atoms with Crippen LogP contribution in [0.4, 0.5) is 0 Å². The molecule has 0 spiro atoms. The molecular weight excluding hydrogens is 528 g/mol. The smallest absolute Gasteiger partial charge is 0.00939 e. The Balaban J connectivity index is 1.16. The molecule has 0 heterocycles. The summed E-state index contributed by atoms with van der Waals surface area (Å²) in [4.78, 5) is 0. The highest BCUT2D eigenvalue weighted by Crippen LogP contribution is 2.36. The zero-order valence-electron chi connectivity index (χ0n) is 25.6. The average Bonchev–Trinajstić information content (AvgIpc) is 3.07. The van der Waals surface area contributed by atoms with Crippen LogP contribution in [0, 0.1) is 6.92 Å². The van der Waals surface area contributed by atoms with Gasteiger partial charge in [0.2, 0.25) is 0 Å². The fourth-order valence-electron chi connectivity index (χ4n) is 6.59. The van der Waals surface area contributed by atoms with Crippen molar-refractivity contribution in [2.24, 2.45) is 0 Å². The fourth-order valence-corrected chi connectivity index (χ4v) is 6.59. The van der Waals surface area contributed by atoms with Gasteiger partial charge in [0, 0.05) is 0 Å². The number of rotatable bonds is 6. The molecule has 0 aliphatic carbocycles. The first kappa shape index (κ1) is 27.6. The molecule has 212 valence electrons. The Morgan fingerprint density at radius 2 is 1.32 bits per heavy atom. The van der Waals surface area contributed by atoms with Crippen molar-refractivity contribution in [3.8, 4) is 11.1 Å². The lowest BCUT2D eigenvalue weighted by Crippen LogP contribution is -1.88. The van der Waals surface area contributed by atoms with Gasteiger partial charge >= 0.3 is 0 Å². The maximum Gasteiger partial charge on any atom is -0.00939 e. The SMILES string of the molecule is C/C=C\c1c(C)ccc2cc(C/C=C\C(=C/C)c3ccc4cc(-c5cc6ccccc6c6ccccc56)ccc4c3)ccc12. The van der Waals surface area contributed by atoms with Gasteiger partial charge in [-0.25, -0.2) is 0 Å². The number of hydrogen-bond donors (Lipinski definition) is 0. The first-order chi connectivity index (χ1) is 21.6. The number of aryl methyl sites for hydroxylation is 1. The summed E-state index contributed by atoms with van der Waals surface area (Å²) >= 11 is 0. The monoisotopic (exact) mass is 564 g/mol. The van der Waals surface area contributed by atoms with Crippen molar-refractivity contribution in [1.29, 1.82) is 0 Å². The van der Waals surface area contributed by atoms with Gasteiger partial charge in [-0.15, -0.1) is 0 Å². The third-order valence-corrected chi connectivity index (χ3v) is 8.89. The highest BCUT2D eigenvalue weighted by atomic mass is 14.1. The van der Waals surface area contributed by atoms with E-state index >= 15 is 0 Å². The largest absolute Gasteiger partial charge is 0.0870 e. The molecular formula is C44H36. The molecule has 0 atom stereocenters. The van der Waals surface area contributed by atoms with Crippen molar-refractivity contribution < 1.29 is 0 Å². The molecule has 7 aromatic rings. The van der Waals surface area contributed by atoms with Gasteiger partial charge in [-0.2, -0.15) is 0 Å². The molecule has 0 saturated heterocycles. The molecule has 7 aromatic carbocycles. The molecule has 7 rings (SSSR count). The molecule has 44 heavy (non-hydrogen) atoms. The summed E-state index contributed by atoms with van der Waals surface area (Å²) in [5.74, 6) is 0. The highest BCUT2D eigenvalue weighted by molar-refractivity contribution is 6.14. The van der Waals surface area contributed by atoms with E-state index in [2.05, 4.69) is 172 Å². The maximum atomic E-state index is 2.34. The average molecular weight is 565 g/mol. The van der Waals surface area contributed by atoms with Crippen LogP contribution in [0.1, 0.15) is 36.1 Å². The summed E-state index contributed by atoms with van der Waals surface area (Å²) in [6.07, 6.45) is 12.0. The van der Waals surface area contributed by atoms with E-state index in [9.17, 15) is 0 Å². The molecule has 0 heteroatoms. The lowest BCUT2D eigenvalue weighted by Gasteiger charge is -2.12. The standard InChI is InChI=1S/C44H36/c1-4-11-39-30(3)18-20-37-26-31(19-25-41(37)39)12-10-14-32(5-2)33-21-22-35-28-38(24-23-34(35)27-33)44-29-36-13-6-7-15-40(36)42-16-8-9-17-43(42)44/h4-11,13-29H,12H2,1-3H3/b11-4-,14-10-,32-5+. The third-order valence-electron chi connectivity index (χ3n) is 8.89. The topological polar surface area (TPSA) is 0 Å². The van der Waals surface area contributed by atoms with E-state index in [0.717, 1.165) is 6.42 Å². The minimum absolute atomic E-state index is 0.900. The summed E-state index contributed by atoms with van der Waals surface area (Å²) < 4.78 is 0. The van der Waals surface area contributed by atoms with E-state index in [4.69, 9.17) is 0 Å². The van der Waals surface area contributed by atoms with E-state index < -0.39 is 0 Å². The van der Waals surface area contributed by atoms with Gasteiger partial charge in [0.05, 0.1) is 0 Å². The van der Waals surface area contributed by atoms with Crippen LogP contribution in [0.3, 0.4) is 0 Å². The second-order valence-electron chi connectivity index (χ2n) is 11.7. The minimum Gasteiger partial charge on any atom is -0.0870 e. The van der Waals surface area contributed by atoms with Gasteiger partial charge in [-0.1, -0.05) is 134 Å². The zero-order valence-corrected chi connectivity index (χ0v) is 25.6. The molecule has 0 bridgehead atoms. The van der Waals surface area contributed by atoms with Gasteiger partial charge in [-0.05, 0) is 127 Å². The molecule has 0 saturated carbocycles. The summed E-state index contributed by atoms with van der Waals surface area (Å²) in [6.45, 7) is 6.39. The van der Waals surface area contributed by atoms with Gasteiger partial charge in [0.1, 0.15) is 0 Å². The number of allylic oxidation sites excluding steroid dienone is 5. The van der Waals surface area contributed by atoms with Crippen molar-refractivity contribution >= 4 is 54.7 Å². The Kier molecular flexibility index (Phi) is 7.42. The van der Waals surface area contributed by atoms with Crippen LogP contribution in [0.15, 0.2) is 146 Å². The number of hydrogen-bond acceptors (Lipinski definition) is 0. The van der Waals surface area contributed by atoms with Crippen molar-refractivity contribution in [2.45, 2.75) is 27.2 Å². The second kappa shape index (κ2) is 11.8. The van der Waals surface area contributed by atoms with Crippen molar-refractivity contribution in [2.75, 3.05) is 0 Å². The van der Waals surface area contributed by atoms with E-state index in [1.165, 1.54) is 82.0 Å². The summed E-state index contributed by atoms with van der Waals surface area (Å²) in [5.41, 5.74) is 8.97. The molecule has 0 fully saturated rings. The summed E-state index contributed by atoms with van der Waals surface area (Å²) in [5, 5.41) is 10.3. The summed E-state index contributed by atoms with van der Waals surface area (Å²) in [7, 11) is 0. The Labute approximate surface area is 260 Å². The Bertz CT molecular complexity index is 2270. The Morgan fingerprint density at radius 1 is 0.591 bits per heavy atom. The predicted octanol–water partition coefficient (Wildman–Crippen LogP) is 12.5. The van der Waals surface area contributed by atoms with Crippen LogP contribution in [-0.4, -0.2) is 0 Å². The Morgan fingerprint density at radius 3 is 2.16 bits per heavy atom. The van der Waals surface area contributed by atoms with Gasteiger partial charge in [0.25, 0.3) is 0 Å². The quantitative estimate of drug-likeness (QED) is 0.139. The lowest BCUT2D eigenvalue weighted by molar-refractivity contribution is 1.28. The van der Waals surface area contributed by atoms with Gasteiger partial charge in [0.15, 0.2) is 0 Å². The van der Waals surface area contributed by atoms with Crippen LogP contribution in [0.2, 0.25) is 0 Å². The van der Waals surface area contributed by atoms with Crippen LogP contribution in [0.5, 0.6) is 0 Å². The maximum absolute atomic E-state index is 2.34. The first-order valence-electron chi connectivity index (χ1n) is 15.6. The molecule has 0 N–H and O–H groups in total. The van der Waals surface area contributed by atoms with Crippen molar-refractivity contribution in [3.63, 3.8) is 0 Å². The third kappa shape index (κ3) is 5.14. The molecule has 0 amide bonds. The fraction of sp³-hybridized carbons (Fsp3) is 0.0909. The van der Waals surface area contributed by atoms with Crippen LogP contribution in [0.25, 0.3) is 65.9 Å². The van der Waals surface area contributed by atoms with E-state index in [-0.39, 0.29) is 0 Å². The highest BCUT2D eigenvalue weighted by Gasteiger charge is 2.10. The van der Waals surface area contributed by atoms with Crippen LogP contribution >= 0.6 is 0 Å². The molecule has 0 aromatic heterocycles. The Hall–Kier alpha value is -5.20. The molecule has 0 nitrogen and oxygen atoms in total. The van der Waals surface area contributed by atoms with Crippen molar-refractivity contribution in [3.05, 3.63) is 168 Å². The number of benzene rings is 7. The zero-order chi connectivity index (χ0) is 30.0. The van der Waals surface area contributed by atoms with E-state index in [1.807, 2.05) is 0 Å². The van der Waals surface area contributed by atoms with Crippen LogP contribution in [-0.2, 0) is 6.42 Å². The van der Waals surface area contributed by atoms with Gasteiger partial charge < -0.3 is 0 Å². The predicted molar refractivity (Wildman–Crippen MR) is 194 cm³/mol. The van der Waals surface area contributed by atoms with Crippen LogP contribution < -0.4 is 0 Å². The first-order valence-corrected chi connectivity index (χ1v) is 15.6. The van der Waals surface area contributed by atoms with Gasteiger partial charge in [-0.3, -0.25) is 0 Å².